The highest BCUT2D eigenvalue weighted by Crippen LogP contribution is 2.34. The smallest absolute Gasteiger partial charge is 0.276 e. The van der Waals surface area contributed by atoms with Crippen LogP contribution in [0.4, 0.5) is 11.5 Å². The molecule has 2 rings (SSSR count). The van der Waals surface area contributed by atoms with Gasteiger partial charge < -0.3 is 11.1 Å². The molecular weight excluding hydrogens is 444 g/mol. The number of nitrogens with zero attached hydrogens (tertiary/aromatic N) is 2. The van der Waals surface area contributed by atoms with Crippen molar-refractivity contribution in [2.45, 2.75) is 0 Å². The van der Waals surface area contributed by atoms with Crippen LogP contribution in [0.2, 0.25) is 0 Å². The van der Waals surface area contributed by atoms with Gasteiger partial charge in [-0.3, -0.25) is 4.79 Å². The third kappa shape index (κ3) is 3.52. The van der Waals surface area contributed by atoms with Crippen molar-refractivity contribution >= 4 is 65.2 Å². The molecule has 2 aromatic rings. The molecule has 8 heteroatoms. The van der Waals surface area contributed by atoms with Crippen molar-refractivity contribution in [1.29, 1.82) is 0 Å². The van der Waals surface area contributed by atoms with Gasteiger partial charge in [0.15, 0.2) is 5.69 Å². The molecule has 5 nitrogen and oxygen atoms in total. The maximum absolute atomic E-state index is 12.0. The van der Waals surface area contributed by atoms with Gasteiger partial charge >= 0.3 is 0 Å². The van der Waals surface area contributed by atoms with Gasteiger partial charge in [0.05, 0.1) is 5.69 Å². The van der Waals surface area contributed by atoms with Gasteiger partial charge in [0.2, 0.25) is 0 Å². The number of nitrogens with one attached hydrogen (secondary N) is 1. The molecule has 1 heterocycles. The second kappa shape index (κ2) is 5.98. The predicted molar refractivity (Wildman–Crippen MR) is 83.9 cm³/mol. The van der Waals surface area contributed by atoms with E-state index in [0.29, 0.717) is 5.69 Å². The van der Waals surface area contributed by atoms with Crippen LogP contribution in [0.1, 0.15) is 10.5 Å². The SMILES string of the molecule is Nc1ccc(C(=O)Nc2c(Br)cc(Br)cc2Br)nn1. The number of hydrogen-bond donors (Lipinski definition) is 2. The van der Waals surface area contributed by atoms with Gasteiger partial charge in [-0.2, -0.15) is 0 Å². The molecule has 0 saturated carbocycles. The summed E-state index contributed by atoms with van der Waals surface area (Å²) >= 11 is 10.1. The average molecular weight is 451 g/mol. The van der Waals surface area contributed by atoms with E-state index in [1.807, 2.05) is 12.1 Å². The third-order valence-electron chi connectivity index (χ3n) is 2.16. The van der Waals surface area contributed by atoms with Crippen molar-refractivity contribution in [2.75, 3.05) is 11.1 Å². The van der Waals surface area contributed by atoms with Crippen LogP contribution in [0.3, 0.4) is 0 Å². The first kappa shape index (κ1) is 14.4. The summed E-state index contributed by atoms with van der Waals surface area (Å²) in [5.74, 6) is -0.0984. The molecule has 0 spiro atoms. The summed E-state index contributed by atoms with van der Waals surface area (Å²) in [6, 6.07) is 6.69. The highest BCUT2D eigenvalue weighted by molar-refractivity contribution is 9.11. The highest BCUT2D eigenvalue weighted by Gasteiger charge is 2.13. The first-order valence-corrected chi connectivity index (χ1v) is 7.40. The fourth-order valence-corrected chi connectivity index (χ4v) is 3.76. The van der Waals surface area contributed by atoms with E-state index in [1.54, 1.807) is 0 Å². The summed E-state index contributed by atoms with van der Waals surface area (Å²) in [5.41, 5.74) is 6.23. The Hall–Kier alpha value is -0.990. The van der Waals surface area contributed by atoms with Crippen LogP contribution in [0.15, 0.2) is 37.7 Å². The number of amides is 1. The second-order valence-corrected chi connectivity index (χ2v) is 6.17. The lowest BCUT2D eigenvalue weighted by Gasteiger charge is -2.09. The molecule has 3 N–H and O–H groups in total. The molecule has 98 valence electrons. The molecule has 0 saturated heterocycles. The van der Waals surface area contributed by atoms with Crippen molar-refractivity contribution in [2.24, 2.45) is 0 Å². The Bertz CT molecular complexity index is 607. The van der Waals surface area contributed by atoms with Crippen LogP contribution in [-0.2, 0) is 0 Å². The van der Waals surface area contributed by atoms with E-state index in [9.17, 15) is 4.79 Å². The molecule has 19 heavy (non-hydrogen) atoms. The summed E-state index contributed by atoms with van der Waals surface area (Å²) in [6.45, 7) is 0. The van der Waals surface area contributed by atoms with Gasteiger partial charge in [-0.15, -0.1) is 10.2 Å². The summed E-state index contributed by atoms with van der Waals surface area (Å²) in [5, 5.41) is 10.1. The first-order chi connectivity index (χ1) is 8.97. The largest absolute Gasteiger partial charge is 0.382 e. The van der Waals surface area contributed by atoms with E-state index in [2.05, 4.69) is 63.3 Å². The lowest BCUT2D eigenvalue weighted by molar-refractivity contribution is 0.102. The number of carbonyl (C=O) groups excluding carboxylic acids is 1. The zero-order valence-electron chi connectivity index (χ0n) is 9.32. The molecule has 0 fully saturated rings. The number of hydrogen-bond acceptors (Lipinski definition) is 4. The molecule has 0 aliphatic rings. The van der Waals surface area contributed by atoms with Gasteiger partial charge in [-0.25, -0.2) is 0 Å². The maximum Gasteiger partial charge on any atom is 0.276 e. The fraction of sp³-hybridized carbons (Fsp3) is 0. The van der Waals surface area contributed by atoms with Crippen molar-refractivity contribution in [3.8, 4) is 0 Å². The van der Waals surface area contributed by atoms with E-state index < -0.39 is 0 Å². The van der Waals surface area contributed by atoms with Crippen molar-refractivity contribution in [1.82, 2.24) is 10.2 Å². The Balaban J connectivity index is 2.26. The number of nitrogen functional groups attached to an aromatic ring is 1. The second-order valence-electron chi connectivity index (χ2n) is 3.54. The standard InChI is InChI=1S/C11H7Br3N4O/c12-5-3-6(13)10(7(14)4-5)16-11(19)8-1-2-9(15)18-17-8/h1-4H,(H2,15,18)(H,16,19). The molecule has 0 bridgehead atoms. The van der Waals surface area contributed by atoms with Gasteiger partial charge in [0.1, 0.15) is 5.82 Å². The summed E-state index contributed by atoms with van der Waals surface area (Å²) in [4.78, 5) is 12.0. The van der Waals surface area contributed by atoms with Crippen LogP contribution in [0.5, 0.6) is 0 Å². The molecule has 0 unspecified atom stereocenters. The van der Waals surface area contributed by atoms with Crippen LogP contribution in [-0.4, -0.2) is 16.1 Å². The van der Waals surface area contributed by atoms with Crippen molar-refractivity contribution in [3.63, 3.8) is 0 Å². The van der Waals surface area contributed by atoms with Gasteiger partial charge in [0.25, 0.3) is 5.91 Å². The zero-order valence-corrected chi connectivity index (χ0v) is 14.1. The number of rotatable bonds is 2. The topological polar surface area (TPSA) is 80.9 Å². The molecule has 0 radical (unpaired) electrons. The molecule has 0 aliphatic heterocycles. The summed E-state index contributed by atoms with van der Waals surface area (Å²) in [7, 11) is 0. The van der Waals surface area contributed by atoms with Gasteiger partial charge in [-0.1, -0.05) is 15.9 Å². The number of aromatic nitrogens is 2. The summed E-state index contributed by atoms with van der Waals surface area (Å²) in [6.07, 6.45) is 0. The number of nitrogens with two attached hydrogens (primary N) is 1. The number of halogens is 3. The number of anilines is 2. The Morgan fingerprint density at radius 3 is 2.26 bits per heavy atom. The van der Waals surface area contributed by atoms with Crippen LogP contribution >= 0.6 is 47.8 Å². The van der Waals surface area contributed by atoms with Crippen LogP contribution < -0.4 is 11.1 Å². The lowest BCUT2D eigenvalue weighted by Crippen LogP contribution is -2.15. The molecule has 1 aromatic carbocycles. The Labute approximate surface area is 134 Å². The minimum Gasteiger partial charge on any atom is -0.382 e. The first-order valence-electron chi connectivity index (χ1n) is 5.02. The molecule has 1 amide bonds. The average Bonchev–Trinajstić information content (AvgIpc) is 2.34. The Kier molecular flexibility index (Phi) is 4.54. The number of carbonyl (C=O) groups is 1. The van der Waals surface area contributed by atoms with E-state index >= 15 is 0 Å². The van der Waals surface area contributed by atoms with Crippen molar-refractivity contribution < 1.29 is 4.79 Å². The van der Waals surface area contributed by atoms with E-state index in [4.69, 9.17) is 5.73 Å². The van der Waals surface area contributed by atoms with Gasteiger partial charge in [0, 0.05) is 13.4 Å². The predicted octanol–water partition coefficient (Wildman–Crippen LogP) is 3.60. The maximum atomic E-state index is 12.0. The number of benzene rings is 1. The van der Waals surface area contributed by atoms with Gasteiger partial charge in [-0.05, 0) is 56.1 Å². The normalized spacial score (nSPS) is 10.3. The molecule has 0 atom stereocenters. The quantitative estimate of drug-likeness (QED) is 0.732. The van der Waals surface area contributed by atoms with Crippen LogP contribution in [0.25, 0.3) is 0 Å². The van der Waals surface area contributed by atoms with E-state index in [1.165, 1.54) is 12.1 Å². The zero-order chi connectivity index (χ0) is 14.0. The minimum absolute atomic E-state index is 0.191. The fourth-order valence-electron chi connectivity index (χ4n) is 1.30. The lowest BCUT2D eigenvalue weighted by atomic mass is 10.3. The Morgan fingerprint density at radius 1 is 1.11 bits per heavy atom. The monoisotopic (exact) mass is 448 g/mol. The minimum atomic E-state index is -0.365. The van der Waals surface area contributed by atoms with Crippen LogP contribution in [0, 0.1) is 0 Å². The van der Waals surface area contributed by atoms with E-state index in [0.717, 1.165) is 13.4 Å². The Morgan fingerprint density at radius 2 is 1.74 bits per heavy atom. The highest BCUT2D eigenvalue weighted by atomic mass is 79.9. The molecular formula is C11H7Br3N4O. The third-order valence-corrected chi connectivity index (χ3v) is 3.87. The molecule has 0 aliphatic carbocycles. The van der Waals surface area contributed by atoms with Crippen molar-refractivity contribution in [3.05, 3.63) is 43.4 Å². The molecule has 1 aromatic heterocycles. The van der Waals surface area contributed by atoms with E-state index in [-0.39, 0.29) is 17.4 Å². The summed E-state index contributed by atoms with van der Waals surface area (Å²) < 4.78 is 2.37.